The van der Waals surface area contributed by atoms with Crippen LogP contribution in [0.4, 0.5) is 0 Å². The van der Waals surface area contributed by atoms with Crippen LogP contribution in [0, 0.1) is 6.92 Å². The molecule has 1 N–H and O–H groups in total. The highest BCUT2D eigenvalue weighted by molar-refractivity contribution is 5.87. The van der Waals surface area contributed by atoms with E-state index in [0.717, 1.165) is 25.0 Å². The zero-order valence-electron chi connectivity index (χ0n) is 19.7. The Bertz CT molecular complexity index is 1010. The Balaban J connectivity index is 1.69. The summed E-state index contributed by atoms with van der Waals surface area (Å²) in [5, 5.41) is 9.19. The Hall–Kier alpha value is -2.20. The van der Waals surface area contributed by atoms with E-state index in [2.05, 4.69) is 51.7 Å². The molecule has 2 unspecified atom stereocenters. The minimum Gasteiger partial charge on any atom is -0.478 e. The molecule has 1 saturated carbocycles. The molecule has 2 aromatic rings. The number of pyridine rings is 1. The molecule has 2 aliphatic rings. The highest BCUT2D eigenvalue weighted by atomic mass is 16.5. The van der Waals surface area contributed by atoms with Crippen LogP contribution in [-0.2, 0) is 21.2 Å². The van der Waals surface area contributed by atoms with Gasteiger partial charge in [0.2, 0.25) is 0 Å². The lowest BCUT2D eigenvalue weighted by Gasteiger charge is -2.42. The molecule has 2 atom stereocenters. The number of hydrogen-bond donors (Lipinski definition) is 1. The van der Waals surface area contributed by atoms with Crippen LogP contribution in [0.5, 0.6) is 0 Å². The zero-order chi connectivity index (χ0) is 22.6. The maximum Gasteiger partial charge on any atom is 0.337 e. The molecule has 0 radical (unpaired) electrons. The maximum absolute atomic E-state index is 11.2. The normalized spacial score (nSPS) is 26.5. The number of carbonyl (C=O) groups is 1. The summed E-state index contributed by atoms with van der Waals surface area (Å²) < 4.78 is 6.05. The number of aryl methyl sites for hydroxylation is 1. The van der Waals surface area contributed by atoms with E-state index in [1.54, 1.807) is 13.2 Å². The molecule has 166 valence electrons. The van der Waals surface area contributed by atoms with Gasteiger partial charge in [-0.05, 0) is 90.2 Å². The Morgan fingerprint density at radius 1 is 1.06 bits per heavy atom. The summed E-state index contributed by atoms with van der Waals surface area (Å²) in [5.41, 5.74) is 6.81. The Morgan fingerprint density at radius 2 is 1.71 bits per heavy atom. The number of carboxylic acids is 1. The predicted molar refractivity (Wildman–Crippen MR) is 123 cm³/mol. The summed E-state index contributed by atoms with van der Waals surface area (Å²) in [6.07, 6.45) is 6.67. The van der Waals surface area contributed by atoms with Gasteiger partial charge in [-0.15, -0.1) is 0 Å². The van der Waals surface area contributed by atoms with Crippen molar-refractivity contribution in [3.8, 4) is 0 Å². The maximum atomic E-state index is 11.2. The van der Waals surface area contributed by atoms with Crippen LogP contribution in [-0.4, -0.2) is 23.2 Å². The molecule has 4 heteroatoms. The van der Waals surface area contributed by atoms with Crippen molar-refractivity contribution >= 4 is 5.97 Å². The molecule has 0 bridgehead atoms. The van der Waals surface area contributed by atoms with Gasteiger partial charge < -0.3 is 9.84 Å². The van der Waals surface area contributed by atoms with E-state index >= 15 is 0 Å². The molecule has 1 aromatic carbocycles. The second kappa shape index (κ2) is 7.44. The predicted octanol–water partition coefficient (Wildman–Crippen LogP) is 6.25. The summed E-state index contributed by atoms with van der Waals surface area (Å²) in [6.45, 7) is 11.8. The first-order valence-electron chi connectivity index (χ1n) is 11.4. The number of carboxylic acid groups (broad SMARTS) is 1. The van der Waals surface area contributed by atoms with Crippen molar-refractivity contribution in [2.24, 2.45) is 0 Å². The average molecular weight is 422 g/mol. The van der Waals surface area contributed by atoms with Gasteiger partial charge in [0.25, 0.3) is 0 Å². The average Bonchev–Trinajstić information content (AvgIpc) is 3.17. The van der Waals surface area contributed by atoms with Gasteiger partial charge in [0.15, 0.2) is 0 Å². The van der Waals surface area contributed by atoms with Crippen LogP contribution in [0.2, 0.25) is 0 Å². The lowest BCUT2D eigenvalue weighted by atomic mass is 9.62. The Kier molecular flexibility index (Phi) is 5.28. The molecule has 1 aromatic heterocycles. The second-order valence-corrected chi connectivity index (χ2v) is 10.9. The summed E-state index contributed by atoms with van der Waals surface area (Å²) in [6, 6.07) is 8.38. The van der Waals surface area contributed by atoms with Crippen molar-refractivity contribution in [1.29, 1.82) is 0 Å². The van der Waals surface area contributed by atoms with Crippen molar-refractivity contribution in [1.82, 2.24) is 4.98 Å². The summed E-state index contributed by atoms with van der Waals surface area (Å²) in [5.74, 6) is -0.544. The highest BCUT2D eigenvalue weighted by Gasteiger charge is 2.44. The quantitative estimate of drug-likeness (QED) is 0.634. The lowest BCUT2D eigenvalue weighted by Crippen LogP contribution is -2.34. The van der Waals surface area contributed by atoms with Gasteiger partial charge in [-0.3, -0.25) is 4.98 Å². The second-order valence-electron chi connectivity index (χ2n) is 10.9. The van der Waals surface area contributed by atoms with Crippen LogP contribution < -0.4 is 0 Å². The van der Waals surface area contributed by atoms with Gasteiger partial charge >= 0.3 is 5.97 Å². The first-order valence-corrected chi connectivity index (χ1v) is 11.4. The number of rotatable bonds is 4. The van der Waals surface area contributed by atoms with Crippen molar-refractivity contribution in [3.05, 3.63) is 64.0 Å². The van der Waals surface area contributed by atoms with E-state index in [0.29, 0.717) is 5.92 Å². The van der Waals surface area contributed by atoms with Gasteiger partial charge in [0, 0.05) is 13.3 Å². The third kappa shape index (κ3) is 3.69. The topological polar surface area (TPSA) is 59.4 Å². The van der Waals surface area contributed by atoms with Crippen molar-refractivity contribution in [2.45, 2.75) is 89.1 Å². The first kappa shape index (κ1) is 22.0. The van der Waals surface area contributed by atoms with Crippen LogP contribution in [0.1, 0.15) is 104 Å². The third-order valence-electron chi connectivity index (χ3n) is 8.02. The molecule has 1 heterocycles. The number of aromatic nitrogens is 1. The summed E-state index contributed by atoms with van der Waals surface area (Å²) in [7, 11) is 1.75. The zero-order valence-corrected chi connectivity index (χ0v) is 19.7. The molecule has 31 heavy (non-hydrogen) atoms. The van der Waals surface area contributed by atoms with Crippen LogP contribution >= 0.6 is 0 Å². The number of methoxy groups -OCH3 is 1. The molecular weight excluding hydrogens is 386 g/mol. The summed E-state index contributed by atoms with van der Waals surface area (Å²) in [4.78, 5) is 15.7. The highest BCUT2D eigenvalue weighted by Crippen LogP contribution is 2.52. The molecule has 4 rings (SSSR count). The van der Waals surface area contributed by atoms with Crippen LogP contribution in [0.25, 0.3) is 0 Å². The molecule has 2 aliphatic carbocycles. The minimum atomic E-state index is -0.954. The van der Waals surface area contributed by atoms with E-state index < -0.39 is 11.6 Å². The first-order chi connectivity index (χ1) is 14.5. The number of ether oxygens (including phenoxy) is 1. The van der Waals surface area contributed by atoms with Crippen LogP contribution in [0.3, 0.4) is 0 Å². The molecule has 1 fully saturated rings. The van der Waals surface area contributed by atoms with Gasteiger partial charge in [-0.2, -0.15) is 0 Å². The van der Waals surface area contributed by atoms with Gasteiger partial charge in [0.05, 0.1) is 11.3 Å². The van der Waals surface area contributed by atoms with E-state index in [1.807, 2.05) is 6.07 Å². The van der Waals surface area contributed by atoms with E-state index in [4.69, 9.17) is 4.74 Å². The largest absolute Gasteiger partial charge is 0.478 e. The van der Waals surface area contributed by atoms with Gasteiger partial charge in [-0.25, -0.2) is 4.79 Å². The molecule has 4 nitrogen and oxygen atoms in total. The number of nitrogens with zero attached hydrogens (tertiary/aromatic N) is 1. The fraction of sp³-hybridized carbons (Fsp3) is 0.556. The third-order valence-corrected chi connectivity index (χ3v) is 8.02. The fourth-order valence-corrected chi connectivity index (χ4v) is 5.77. The monoisotopic (exact) mass is 421 g/mol. The molecular formula is C27H35NO3. The lowest BCUT2D eigenvalue weighted by molar-refractivity contribution is -0.0136. The van der Waals surface area contributed by atoms with Crippen molar-refractivity contribution in [2.75, 3.05) is 7.11 Å². The molecule has 0 saturated heterocycles. The SMILES string of the molecule is COC1(c2ccc(C(=O)O)cn2)CCC(c2cc3c(cc2C)C(C)(C)CCC3(C)C)C1. The number of hydrogen-bond acceptors (Lipinski definition) is 3. The molecule has 0 amide bonds. The Morgan fingerprint density at radius 3 is 2.26 bits per heavy atom. The smallest absolute Gasteiger partial charge is 0.337 e. The minimum absolute atomic E-state index is 0.193. The Labute approximate surface area is 186 Å². The van der Waals surface area contributed by atoms with Gasteiger partial charge in [-0.1, -0.05) is 39.8 Å². The molecule has 0 aliphatic heterocycles. The van der Waals surface area contributed by atoms with Gasteiger partial charge in [0.1, 0.15) is 5.60 Å². The van der Waals surface area contributed by atoms with E-state index in [9.17, 15) is 9.90 Å². The number of fused-ring (bicyclic) bond motifs is 1. The van der Waals surface area contributed by atoms with E-state index in [1.165, 1.54) is 41.3 Å². The number of aromatic carboxylic acids is 1. The van der Waals surface area contributed by atoms with E-state index in [-0.39, 0.29) is 16.4 Å². The van der Waals surface area contributed by atoms with Crippen molar-refractivity contribution in [3.63, 3.8) is 0 Å². The summed E-state index contributed by atoms with van der Waals surface area (Å²) >= 11 is 0. The molecule has 0 spiro atoms. The van der Waals surface area contributed by atoms with Crippen LogP contribution in [0.15, 0.2) is 30.5 Å². The van der Waals surface area contributed by atoms with Crippen molar-refractivity contribution < 1.29 is 14.6 Å². The number of benzene rings is 1. The fourth-order valence-electron chi connectivity index (χ4n) is 5.77. The standard InChI is InChI=1S/C27H35NO3/c1-17-13-21-22(26(4,5)12-11-25(21,2)3)14-20(17)18-9-10-27(15-18,31-6)23-8-7-19(16-28-23)24(29)30/h7-8,13-14,16,18H,9-12,15H2,1-6H3,(H,29,30).